The standard InChI is InChI=1S/C21H24N2O4/c1-2-3-11-26-17-8-6-7-15(12-17)20(24)22-13-16-14-27-19-10-5-4-9-18(19)23-21(16)25/h4-10,12,16H,2-3,11,13-14H2,1H3,(H,22,24)(H,23,25)/t16-/m0/s1. The van der Waals surface area contributed by atoms with Crippen LogP contribution in [0.25, 0.3) is 0 Å². The van der Waals surface area contributed by atoms with Crippen molar-refractivity contribution in [2.75, 3.05) is 25.1 Å². The molecule has 1 aliphatic heterocycles. The van der Waals surface area contributed by atoms with Crippen LogP contribution in [0.3, 0.4) is 0 Å². The van der Waals surface area contributed by atoms with Crippen LogP contribution in [-0.2, 0) is 4.79 Å². The summed E-state index contributed by atoms with van der Waals surface area (Å²) in [5.74, 6) is 0.423. The first kappa shape index (κ1) is 18.8. The molecule has 0 bridgehead atoms. The summed E-state index contributed by atoms with van der Waals surface area (Å²) in [4.78, 5) is 24.8. The van der Waals surface area contributed by atoms with Crippen LogP contribution in [0.4, 0.5) is 5.69 Å². The Morgan fingerprint density at radius 1 is 1.26 bits per heavy atom. The number of para-hydroxylation sites is 2. The van der Waals surface area contributed by atoms with Gasteiger partial charge in [-0.25, -0.2) is 0 Å². The average Bonchev–Trinajstić information content (AvgIpc) is 2.85. The number of amides is 2. The third-order valence-corrected chi connectivity index (χ3v) is 4.33. The molecule has 3 rings (SSSR count). The minimum absolute atomic E-state index is 0.170. The van der Waals surface area contributed by atoms with Crippen LogP contribution in [-0.4, -0.2) is 31.6 Å². The maximum atomic E-state index is 12.4. The highest BCUT2D eigenvalue weighted by Crippen LogP contribution is 2.27. The van der Waals surface area contributed by atoms with Gasteiger partial charge in [0, 0.05) is 12.1 Å². The third kappa shape index (κ3) is 5.00. The molecule has 2 aromatic carbocycles. The zero-order chi connectivity index (χ0) is 19.1. The molecule has 0 spiro atoms. The minimum Gasteiger partial charge on any atom is -0.494 e. The molecule has 0 saturated heterocycles. The summed E-state index contributed by atoms with van der Waals surface area (Å²) in [6.45, 7) is 3.13. The van der Waals surface area contributed by atoms with Crippen molar-refractivity contribution in [3.63, 3.8) is 0 Å². The van der Waals surface area contributed by atoms with E-state index < -0.39 is 5.92 Å². The number of benzene rings is 2. The quantitative estimate of drug-likeness (QED) is 0.736. The van der Waals surface area contributed by atoms with Crippen LogP contribution in [0.1, 0.15) is 30.1 Å². The fourth-order valence-electron chi connectivity index (χ4n) is 2.73. The molecule has 2 N–H and O–H groups in total. The Morgan fingerprint density at radius 3 is 2.96 bits per heavy atom. The lowest BCUT2D eigenvalue weighted by atomic mass is 10.1. The molecule has 0 radical (unpaired) electrons. The van der Waals surface area contributed by atoms with Gasteiger partial charge < -0.3 is 20.1 Å². The van der Waals surface area contributed by atoms with E-state index in [-0.39, 0.29) is 25.0 Å². The van der Waals surface area contributed by atoms with E-state index in [4.69, 9.17) is 9.47 Å². The molecule has 0 fully saturated rings. The number of unbranched alkanes of at least 4 members (excludes halogenated alkanes) is 1. The molecular weight excluding hydrogens is 344 g/mol. The second-order valence-corrected chi connectivity index (χ2v) is 6.43. The molecule has 27 heavy (non-hydrogen) atoms. The van der Waals surface area contributed by atoms with Gasteiger partial charge in [-0.15, -0.1) is 0 Å². The predicted octanol–water partition coefficient (Wildman–Crippen LogP) is 3.24. The summed E-state index contributed by atoms with van der Waals surface area (Å²) in [5.41, 5.74) is 1.15. The van der Waals surface area contributed by atoms with Crippen LogP contribution in [0.2, 0.25) is 0 Å². The molecule has 1 heterocycles. The first-order valence-electron chi connectivity index (χ1n) is 9.21. The van der Waals surface area contributed by atoms with Gasteiger partial charge in [0.25, 0.3) is 5.91 Å². The summed E-state index contributed by atoms with van der Waals surface area (Å²) in [5, 5.41) is 5.65. The van der Waals surface area contributed by atoms with Crippen molar-refractivity contribution < 1.29 is 19.1 Å². The molecule has 0 saturated carbocycles. The minimum atomic E-state index is -0.467. The molecule has 6 nitrogen and oxygen atoms in total. The maximum absolute atomic E-state index is 12.4. The molecule has 2 amide bonds. The third-order valence-electron chi connectivity index (χ3n) is 4.33. The van der Waals surface area contributed by atoms with Gasteiger partial charge in [-0.1, -0.05) is 31.5 Å². The van der Waals surface area contributed by atoms with Gasteiger partial charge in [-0.2, -0.15) is 0 Å². The van der Waals surface area contributed by atoms with Gasteiger partial charge in [-0.05, 0) is 36.8 Å². The first-order chi connectivity index (χ1) is 13.2. The van der Waals surface area contributed by atoms with Crippen LogP contribution in [0.5, 0.6) is 11.5 Å². The fraction of sp³-hybridized carbons (Fsp3) is 0.333. The lowest BCUT2D eigenvalue weighted by Crippen LogP contribution is -2.37. The monoisotopic (exact) mass is 368 g/mol. The first-order valence-corrected chi connectivity index (χ1v) is 9.21. The zero-order valence-corrected chi connectivity index (χ0v) is 15.4. The highest BCUT2D eigenvalue weighted by Gasteiger charge is 2.25. The molecule has 0 aromatic heterocycles. The number of carbonyl (C=O) groups is 2. The number of anilines is 1. The summed E-state index contributed by atoms with van der Waals surface area (Å²) in [6.07, 6.45) is 2.02. The van der Waals surface area contributed by atoms with Crippen LogP contribution < -0.4 is 20.1 Å². The Kier molecular flexibility index (Phi) is 6.30. The number of fused-ring (bicyclic) bond motifs is 1. The zero-order valence-electron chi connectivity index (χ0n) is 15.4. The number of ether oxygens (including phenoxy) is 2. The van der Waals surface area contributed by atoms with Gasteiger partial charge in [-0.3, -0.25) is 9.59 Å². The van der Waals surface area contributed by atoms with E-state index in [1.54, 1.807) is 30.3 Å². The lowest BCUT2D eigenvalue weighted by molar-refractivity contribution is -0.120. The summed E-state index contributed by atoms with van der Waals surface area (Å²) in [6, 6.07) is 14.3. The number of nitrogens with one attached hydrogen (secondary N) is 2. The molecule has 142 valence electrons. The Bertz CT molecular complexity index is 806. The van der Waals surface area contributed by atoms with E-state index in [0.29, 0.717) is 29.4 Å². The Hall–Kier alpha value is -3.02. The molecule has 1 aliphatic rings. The van der Waals surface area contributed by atoms with E-state index in [1.807, 2.05) is 18.2 Å². The summed E-state index contributed by atoms with van der Waals surface area (Å²) >= 11 is 0. The highest BCUT2D eigenvalue weighted by atomic mass is 16.5. The Morgan fingerprint density at radius 2 is 2.11 bits per heavy atom. The second-order valence-electron chi connectivity index (χ2n) is 6.43. The van der Waals surface area contributed by atoms with E-state index in [2.05, 4.69) is 17.6 Å². The van der Waals surface area contributed by atoms with E-state index in [9.17, 15) is 9.59 Å². The van der Waals surface area contributed by atoms with Crippen LogP contribution in [0, 0.1) is 5.92 Å². The lowest BCUT2D eigenvalue weighted by Gasteiger charge is -2.14. The van der Waals surface area contributed by atoms with Gasteiger partial charge in [0.15, 0.2) is 0 Å². The number of hydrogen-bond acceptors (Lipinski definition) is 4. The van der Waals surface area contributed by atoms with E-state index >= 15 is 0 Å². The molecule has 0 aliphatic carbocycles. The predicted molar refractivity (Wildman–Crippen MR) is 103 cm³/mol. The second kappa shape index (κ2) is 9.07. The van der Waals surface area contributed by atoms with Gasteiger partial charge in [0.05, 0.1) is 18.2 Å². The van der Waals surface area contributed by atoms with Crippen molar-refractivity contribution >= 4 is 17.5 Å². The normalized spacial score (nSPS) is 15.7. The number of rotatable bonds is 7. The SMILES string of the molecule is CCCCOc1cccc(C(=O)NC[C@H]2COc3ccccc3NC2=O)c1. The van der Waals surface area contributed by atoms with Gasteiger partial charge in [0.1, 0.15) is 18.1 Å². The number of hydrogen-bond donors (Lipinski definition) is 2. The van der Waals surface area contributed by atoms with Crippen LogP contribution >= 0.6 is 0 Å². The van der Waals surface area contributed by atoms with Crippen molar-refractivity contribution in [2.24, 2.45) is 5.92 Å². The smallest absolute Gasteiger partial charge is 0.251 e. The molecule has 0 unspecified atom stereocenters. The van der Waals surface area contributed by atoms with E-state index in [1.165, 1.54) is 0 Å². The summed E-state index contributed by atoms with van der Waals surface area (Å²) in [7, 11) is 0. The average molecular weight is 368 g/mol. The molecule has 6 heteroatoms. The maximum Gasteiger partial charge on any atom is 0.251 e. The van der Waals surface area contributed by atoms with Gasteiger partial charge >= 0.3 is 0 Å². The molecule has 1 atom stereocenters. The highest BCUT2D eigenvalue weighted by molar-refractivity contribution is 5.97. The fourth-order valence-corrected chi connectivity index (χ4v) is 2.73. The largest absolute Gasteiger partial charge is 0.494 e. The molecule has 2 aromatic rings. The van der Waals surface area contributed by atoms with Crippen molar-refractivity contribution in [3.05, 3.63) is 54.1 Å². The Labute approximate surface area is 158 Å². The van der Waals surface area contributed by atoms with E-state index in [0.717, 1.165) is 12.8 Å². The van der Waals surface area contributed by atoms with Crippen LogP contribution in [0.15, 0.2) is 48.5 Å². The van der Waals surface area contributed by atoms with Crippen molar-refractivity contribution in [3.8, 4) is 11.5 Å². The van der Waals surface area contributed by atoms with Crippen molar-refractivity contribution in [2.45, 2.75) is 19.8 Å². The topological polar surface area (TPSA) is 76.7 Å². The number of carbonyl (C=O) groups excluding carboxylic acids is 2. The Balaban J connectivity index is 1.56. The van der Waals surface area contributed by atoms with Gasteiger partial charge in [0.2, 0.25) is 5.91 Å². The van der Waals surface area contributed by atoms with Crippen molar-refractivity contribution in [1.82, 2.24) is 5.32 Å². The summed E-state index contributed by atoms with van der Waals surface area (Å²) < 4.78 is 11.3. The van der Waals surface area contributed by atoms with Crippen molar-refractivity contribution in [1.29, 1.82) is 0 Å². The molecular formula is C21H24N2O4.